The molecule has 0 aliphatic carbocycles. The maximum Gasteiger partial charge on any atom is 0.418 e. The molecule has 1 atom stereocenters. The largest absolute Gasteiger partial charge is 0.418 e. The van der Waals surface area contributed by atoms with Gasteiger partial charge in [0.05, 0.1) is 17.0 Å². The summed E-state index contributed by atoms with van der Waals surface area (Å²) >= 11 is 0. The van der Waals surface area contributed by atoms with Crippen molar-refractivity contribution in [3.8, 4) is 0 Å². The van der Waals surface area contributed by atoms with E-state index in [0.717, 1.165) is 11.3 Å². The van der Waals surface area contributed by atoms with Gasteiger partial charge in [-0.25, -0.2) is 4.98 Å². The highest BCUT2D eigenvalue weighted by Crippen LogP contribution is 2.27. The van der Waals surface area contributed by atoms with Gasteiger partial charge in [-0.2, -0.15) is 13.2 Å². The van der Waals surface area contributed by atoms with Crippen LogP contribution in [0, 0.1) is 0 Å². The number of carbonyl (C=O) groups is 1. The summed E-state index contributed by atoms with van der Waals surface area (Å²) in [6, 6.07) is -0.360. The van der Waals surface area contributed by atoms with Crippen molar-refractivity contribution in [3.05, 3.63) is 53.1 Å². The van der Waals surface area contributed by atoms with Crippen LogP contribution in [0.1, 0.15) is 24.0 Å². The normalized spacial score (nSPS) is 19.2. The average molecular weight is 364 g/mol. The number of nitrogens with zero attached hydrogens (tertiary/aromatic N) is 3. The predicted molar refractivity (Wildman–Crippen MR) is 94.9 cm³/mol. The first-order valence-electron chi connectivity index (χ1n) is 7.77. The van der Waals surface area contributed by atoms with Crippen molar-refractivity contribution in [3.63, 3.8) is 0 Å². The van der Waals surface area contributed by atoms with Crippen molar-refractivity contribution >= 4 is 24.8 Å². The molecule has 1 aromatic rings. The van der Waals surface area contributed by atoms with Crippen molar-refractivity contribution in [2.45, 2.75) is 25.6 Å². The number of carbonyl (C=O) groups excluding carboxylic acids is 1. The summed E-state index contributed by atoms with van der Waals surface area (Å²) in [5, 5.41) is -0.536. The van der Waals surface area contributed by atoms with E-state index in [1.54, 1.807) is 13.0 Å². The Morgan fingerprint density at radius 2 is 2.08 bits per heavy atom. The van der Waals surface area contributed by atoms with Crippen molar-refractivity contribution in [2.75, 3.05) is 6.54 Å². The summed E-state index contributed by atoms with van der Waals surface area (Å²) < 4.78 is 39.2. The molecule has 8 heteroatoms. The molecular formula is C18H19F3N4O. The third-order valence-electron chi connectivity index (χ3n) is 4.26. The number of nitrogens with one attached hydrogen (secondary N) is 1. The van der Waals surface area contributed by atoms with Gasteiger partial charge in [-0.1, -0.05) is 31.9 Å². The highest BCUT2D eigenvalue weighted by atomic mass is 19.4. The molecule has 0 unspecified atom stereocenters. The van der Waals surface area contributed by atoms with Crippen molar-refractivity contribution in [2.24, 2.45) is 4.99 Å². The molecule has 1 aromatic heterocycles. The molecule has 26 heavy (non-hydrogen) atoms. The monoisotopic (exact) mass is 364 g/mol. The molecule has 0 spiro atoms. The average Bonchev–Trinajstić information content (AvgIpc) is 2.94. The summed E-state index contributed by atoms with van der Waals surface area (Å²) in [5.74, 6) is -0.736. The molecule has 138 valence electrons. The molecule has 1 N–H and O–H groups in total. The molecule has 2 heterocycles. The number of alkyl halides is 3. The SMILES string of the molecule is C=CC1=C(N=C)CCN(C(=O)c2n/c(=C(/C=C)C(F)(F)F)c(=C)[nH]2)[C@@H]1C. The molecule has 0 bridgehead atoms. The fraction of sp³-hybridized carbons (Fsp3) is 0.278. The Kier molecular flexibility index (Phi) is 5.34. The molecule has 0 aromatic carbocycles. The highest BCUT2D eigenvalue weighted by molar-refractivity contribution is 5.91. The highest BCUT2D eigenvalue weighted by Gasteiger charge is 2.34. The van der Waals surface area contributed by atoms with Crippen molar-refractivity contribution < 1.29 is 18.0 Å². The first kappa shape index (κ1) is 19.4. The number of hydrogen-bond donors (Lipinski definition) is 1. The molecule has 0 saturated carbocycles. The summed E-state index contributed by atoms with van der Waals surface area (Å²) in [5.41, 5.74) is 0.443. The van der Waals surface area contributed by atoms with Crippen molar-refractivity contribution in [1.82, 2.24) is 14.9 Å². The molecule has 0 saturated heterocycles. The first-order chi connectivity index (χ1) is 12.1. The third kappa shape index (κ3) is 3.40. The van der Waals surface area contributed by atoms with Gasteiger partial charge in [0.2, 0.25) is 0 Å². The molecular weight excluding hydrogens is 345 g/mol. The Hall–Kier alpha value is -2.90. The lowest BCUT2D eigenvalue weighted by Crippen LogP contribution is -2.43. The molecule has 1 aliphatic rings. The van der Waals surface area contributed by atoms with Gasteiger partial charge >= 0.3 is 6.18 Å². The van der Waals surface area contributed by atoms with E-state index in [2.05, 4.69) is 41.4 Å². The van der Waals surface area contributed by atoms with Gasteiger partial charge < -0.3 is 9.88 Å². The van der Waals surface area contributed by atoms with Gasteiger partial charge in [0.1, 0.15) is 5.35 Å². The number of aromatic amines is 1. The van der Waals surface area contributed by atoms with Crippen LogP contribution in [-0.2, 0) is 0 Å². The summed E-state index contributed by atoms with van der Waals surface area (Å²) in [6.45, 7) is 16.0. The number of aromatic nitrogens is 2. The van der Waals surface area contributed by atoms with E-state index in [9.17, 15) is 18.0 Å². The minimum absolute atomic E-state index is 0.0989. The standard InChI is InChI=1S/C18H19F3N4O/c1-6-12-11(4)25(9-8-14(12)22-5)17(26)16-23-10(3)15(24-16)13(7-2)18(19,20)21/h6-7,11H,1-3,5,8-9H2,4H3,(H,23,24)/b15-13-/t11-/m1/s1. The van der Waals surface area contributed by atoms with Crippen LogP contribution in [0.4, 0.5) is 13.2 Å². The lowest BCUT2D eigenvalue weighted by atomic mass is 9.98. The van der Waals surface area contributed by atoms with Gasteiger partial charge in [-0.15, -0.1) is 0 Å². The zero-order valence-corrected chi connectivity index (χ0v) is 14.4. The molecule has 0 fully saturated rings. The van der Waals surface area contributed by atoms with Crippen molar-refractivity contribution in [1.29, 1.82) is 0 Å². The number of rotatable bonds is 4. The van der Waals surface area contributed by atoms with Crippen LogP contribution in [0.3, 0.4) is 0 Å². The third-order valence-corrected chi connectivity index (χ3v) is 4.26. The number of hydrogen-bond acceptors (Lipinski definition) is 3. The summed E-state index contributed by atoms with van der Waals surface area (Å²) in [6.07, 6.45) is -1.92. The van der Waals surface area contributed by atoms with Gasteiger partial charge in [-0.3, -0.25) is 9.79 Å². The van der Waals surface area contributed by atoms with Crippen LogP contribution in [-0.4, -0.2) is 46.3 Å². The topological polar surface area (TPSA) is 61.4 Å². The molecule has 0 radical (unpaired) electrons. The van der Waals surface area contributed by atoms with E-state index in [1.807, 2.05) is 0 Å². The number of halogens is 3. The number of allylic oxidation sites excluding steroid dienone is 1. The van der Waals surface area contributed by atoms with E-state index in [4.69, 9.17) is 0 Å². The Balaban J connectivity index is 2.49. The Bertz CT molecular complexity index is 908. The maximum absolute atomic E-state index is 13.1. The van der Waals surface area contributed by atoms with E-state index >= 15 is 0 Å². The predicted octanol–water partition coefficient (Wildman–Crippen LogP) is 2.09. The first-order valence-corrected chi connectivity index (χ1v) is 7.77. The lowest BCUT2D eigenvalue weighted by molar-refractivity contribution is -0.0691. The van der Waals surface area contributed by atoms with E-state index in [-0.39, 0.29) is 17.2 Å². The number of aliphatic imine (C=N–C) groups is 1. The Morgan fingerprint density at radius 3 is 2.58 bits per heavy atom. The van der Waals surface area contributed by atoms with Crippen LogP contribution in [0.25, 0.3) is 12.2 Å². The van der Waals surface area contributed by atoms with Crippen LogP contribution < -0.4 is 10.7 Å². The summed E-state index contributed by atoms with van der Waals surface area (Å²) in [4.78, 5) is 24.6. The van der Waals surface area contributed by atoms with Crippen LogP contribution >= 0.6 is 0 Å². The number of imidazole rings is 1. The summed E-state index contributed by atoms with van der Waals surface area (Å²) in [7, 11) is 0. The van der Waals surface area contributed by atoms with E-state index in [0.29, 0.717) is 19.0 Å². The smallest absolute Gasteiger partial charge is 0.334 e. The second-order valence-electron chi connectivity index (χ2n) is 5.72. The molecule has 1 aliphatic heterocycles. The number of amides is 1. The Labute approximate surface area is 148 Å². The number of H-pyrrole nitrogens is 1. The van der Waals surface area contributed by atoms with Gasteiger partial charge in [0.25, 0.3) is 5.91 Å². The second-order valence-corrected chi connectivity index (χ2v) is 5.72. The van der Waals surface area contributed by atoms with Crippen LogP contribution in [0.2, 0.25) is 0 Å². The van der Waals surface area contributed by atoms with Gasteiger partial charge in [-0.05, 0) is 19.2 Å². The van der Waals surface area contributed by atoms with Gasteiger partial charge in [0, 0.05) is 18.7 Å². The lowest BCUT2D eigenvalue weighted by Gasteiger charge is -2.34. The minimum atomic E-state index is -4.65. The molecule has 2 rings (SSSR count). The van der Waals surface area contributed by atoms with Gasteiger partial charge in [0.15, 0.2) is 5.82 Å². The maximum atomic E-state index is 13.1. The minimum Gasteiger partial charge on any atom is -0.334 e. The van der Waals surface area contributed by atoms with E-state index in [1.165, 1.54) is 4.90 Å². The van der Waals surface area contributed by atoms with Crippen LogP contribution in [0.5, 0.6) is 0 Å². The van der Waals surface area contributed by atoms with Crippen LogP contribution in [0.15, 0.2) is 41.6 Å². The zero-order chi connectivity index (χ0) is 19.6. The fourth-order valence-electron chi connectivity index (χ4n) is 2.93. The Morgan fingerprint density at radius 1 is 1.42 bits per heavy atom. The fourth-order valence-corrected chi connectivity index (χ4v) is 2.93. The zero-order valence-electron chi connectivity index (χ0n) is 14.4. The second kappa shape index (κ2) is 7.15. The molecule has 1 amide bonds. The van der Waals surface area contributed by atoms with E-state index < -0.39 is 23.0 Å². The molecule has 5 nitrogen and oxygen atoms in total. The quantitative estimate of drug-likeness (QED) is 0.832.